The number of aliphatic hydroxyl groups is 29. The molecule has 0 saturated carbocycles. The van der Waals surface area contributed by atoms with E-state index in [4.69, 9.17) is 99.5 Å². The third-order valence-electron chi connectivity index (χ3n) is 24.2. The molecule has 58 nitrogen and oxygen atoms in total. The van der Waals surface area contributed by atoms with E-state index in [2.05, 4.69) is 21.3 Å². The van der Waals surface area contributed by atoms with E-state index in [0.29, 0.717) is 0 Å². The fourth-order valence-corrected chi connectivity index (χ4v) is 17.1. The molecule has 131 heavy (non-hydrogen) atoms. The van der Waals surface area contributed by atoms with E-state index in [0.717, 1.165) is 27.7 Å². The van der Waals surface area contributed by atoms with Crippen LogP contribution in [0.1, 0.15) is 34.6 Å². The standard InChI is InChI=1S/C73H122N4O54/c1-16-35(91)45(101)51(107)68(113-16)127-58-34(77-20(5)89)63(110)114-29(13-85)57(58)126-64-31(74-17(2)86)44(100)56(28(12-84)119-64)125-73-62(131-67-50(106)36(92)21(90)14-111-67)59(128-72-61(49(105)40(96)25(9-81)118-72)130-66-33(76-19(4)88)43(99)55(27(11-83)121-66)124-70-53(109)47(103)38(94)23(7-79)116-70)41(97)30(122-73)15-112-71-60(48(104)39(95)24(8-80)117-71)129-65-32(75-18(3)87)42(98)54(26(10-82)120-65)123-69-52(108)46(102)37(93)22(6-78)115-69/h16,21-73,78-85,90-110H,6-15H2,1-5H3,(H,74,86)(H,75,87)(H,76,88)(H,77,89)/t16-,21+,22+,23+,24+,25+,26+,27+,28+,29+,30+,31+,32+,33+,34+,35+,36-,37-,38-,39+,40+,41+,42+,43+,44+,45+,46-,47-,48-,49-,50+,51-,52+,53+,54+,55+,56+,57+,58+,59-,60-,61-,62-,63-,64-,65-,66-,67-,68-,69-,70-,71-,72+,73-/m0/s1. The SMILES string of the molecule is CC(=O)N[C@@H]1[C@@H](O[C@@H]2O[C@@H](C)[C@@H](O)[C@@H](O)[C@@H]2O)[C@H](O[C@@H]2O[C@H](CO)[C@@H](O[C@@H]3O[C@H](CO[C@H]4O[C@H](CO)[C@@H](O)[C@H](O)[C@@H]4O[C@@H]4O[C@H](CO)[C@@H](O[C@@H]5O[C@H](CO)[C@H](O)[C@H](O)[C@H]5O)[C@H](O)[C@H]4NC(C)=O)[C@@H](O)[C@H](O[C@H]4O[C@H](CO)[C@@H](O)[C@H](O)[C@@H]4O[C@@H]4O[C@H](CO)[C@@H](O[C@@H]5O[C@H](CO)[C@H](O)[C@H](O)[C@H]5O)[C@H](O)[C@H]4NC(C)=O)[C@@H]3O[C@@H]3OC[C@@H](O)[C@H](O)[C@H]3O)[C@H](O)[C@H]2NC(C)=O)[C@@H](CO)O[C@@H]1O. The van der Waals surface area contributed by atoms with Crippen molar-refractivity contribution in [2.45, 2.75) is 366 Å². The van der Waals surface area contributed by atoms with Gasteiger partial charge in [-0.1, -0.05) is 0 Å². The van der Waals surface area contributed by atoms with Crippen molar-refractivity contribution in [3.8, 4) is 0 Å². The van der Waals surface area contributed by atoms with Crippen LogP contribution in [-0.4, -0.2) is 569 Å². The zero-order valence-corrected chi connectivity index (χ0v) is 70.4. The zero-order chi connectivity index (χ0) is 96.2. The highest BCUT2D eigenvalue weighted by Gasteiger charge is 2.63. The molecule has 11 saturated heterocycles. The molecule has 0 aromatic carbocycles. The smallest absolute Gasteiger partial charge is 0.217 e. The first-order valence-corrected chi connectivity index (χ1v) is 41.9. The van der Waals surface area contributed by atoms with Gasteiger partial charge in [-0.3, -0.25) is 19.2 Å². The Morgan fingerprint density at radius 3 is 0.947 bits per heavy atom. The Morgan fingerprint density at radius 2 is 0.534 bits per heavy atom. The monoisotopic (exact) mass is 1920 g/mol. The number of hydrogen-bond donors (Lipinski definition) is 33. The van der Waals surface area contributed by atoms with Gasteiger partial charge in [0.25, 0.3) is 0 Å². The Kier molecular flexibility index (Phi) is 38.3. The first-order valence-electron chi connectivity index (χ1n) is 41.9. The summed E-state index contributed by atoms with van der Waals surface area (Å²) in [7, 11) is 0. The minimum atomic E-state index is -2.65. The maximum Gasteiger partial charge on any atom is 0.217 e. The van der Waals surface area contributed by atoms with Crippen LogP contribution in [0.4, 0.5) is 0 Å². The Labute approximate surface area is 741 Å². The van der Waals surface area contributed by atoms with Crippen LogP contribution in [0.25, 0.3) is 0 Å². The first kappa shape index (κ1) is 107. The number of carbonyl (C=O) groups is 4. The summed E-state index contributed by atoms with van der Waals surface area (Å²) in [4.78, 5) is 52.7. The van der Waals surface area contributed by atoms with Gasteiger partial charge in [-0.25, -0.2) is 0 Å². The molecule has 0 bridgehead atoms. The molecule has 11 rings (SSSR count). The summed E-state index contributed by atoms with van der Waals surface area (Å²) in [6.07, 6.45) is -108. The quantitative estimate of drug-likeness (QED) is 0.0290. The topological polar surface area (TPSA) is 897 Å². The third kappa shape index (κ3) is 23.6. The number of rotatable bonds is 33. The lowest BCUT2D eigenvalue weighted by Gasteiger charge is -2.52. The summed E-state index contributed by atoms with van der Waals surface area (Å²) in [5.41, 5.74) is 0. The molecule has 11 fully saturated rings. The van der Waals surface area contributed by atoms with Gasteiger partial charge in [0, 0.05) is 27.7 Å². The van der Waals surface area contributed by atoms with Crippen molar-refractivity contribution in [3.63, 3.8) is 0 Å². The Morgan fingerprint density at radius 1 is 0.244 bits per heavy atom. The van der Waals surface area contributed by atoms with Crippen LogP contribution in [-0.2, 0) is 119 Å². The van der Waals surface area contributed by atoms with Crippen LogP contribution in [0.3, 0.4) is 0 Å². The van der Waals surface area contributed by atoms with Gasteiger partial charge in [0.05, 0.1) is 72.2 Å². The van der Waals surface area contributed by atoms with E-state index >= 15 is 0 Å². The van der Waals surface area contributed by atoms with Crippen LogP contribution < -0.4 is 21.3 Å². The Balaban J connectivity index is 0.992. The molecular weight excluding hydrogens is 1800 g/mol. The van der Waals surface area contributed by atoms with Crippen LogP contribution in [0.15, 0.2) is 0 Å². The third-order valence-corrected chi connectivity index (χ3v) is 24.2. The van der Waals surface area contributed by atoms with Crippen molar-refractivity contribution in [2.75, 3.05) is 66.1 Å². The number of hydrogen-bond acceptors (Lipinski definition) is 54. The van der Waals surface area contributed by atoms with E-state index in [1.807, 2.05) is 0 Å². The van der Waals surface area contributed by atoms with Gasteiger partial charge in [0.1, 0.15) is 256 Å². The van der Waals surface area contributed by atoms with Gasteiger partial charge in [0.2, 0.25) is 23.6 Å². The lowest BCUT2D eigenvalue weighted by Crippen LogP contribution is -2.72. The summed E-state index contributed by atoms with van der Waals surface area (Å²) in [5, 5.41) is 335. The molecule has 0 aromatic rings. The molecule has 0 aliphatic carbocycles. The minimum Gasteiger partial charge on any atom is -0.394 e. The molecule has 0 spiro atoms. The molecule has 0 radical (unpaired) electrons. The Hall–Kier alpha value is -4.12. The molecule has 58 heteroatoms. The number of aliphatic hydroxyl groups excluding tert-OH is 29. The van der Waals surface area contributed by atoms with Gasteiger partial charge in [-0.15, -0.1) is 0 Å². The molecule has 11 aliphatic rings. The first-order chi connectivity index (χ1) is 62.0. The molecule has 11 heterocycles. The molecule has 4 amide bonds. The van der Waals surface area contributed by atoms with Crippen molar-refractivity contribution in [3.05, 3.63) is 0 Å². The van der Waals surface area contributed by atoms with E-state index in [1.54, 1.807) is 0 Å². The fourth-order valence-electron chi connectivity index (χ4n) is 17.1. The van der Waals surface area contributed by atoms with Crippen molar-refractivity contribution in [1.82, 2.24) is 21.3 Å². The lowest BCUT2D eigenvalue weighted by molar-refractivity contribution is -0.413. The van der Waals surface area contributed by atoms with Crippen molar-refractivity contribution >= 4 is 23.6 Å². The van der Waals surface area contributed by atoms with Crippen LogP contribution in [0.2, 0.25) is 0 Å². The minimum absolute atomic E-state index is 0.890. The van der Waals surface area contributed by atoms with Gasteiger partial charge in [-0.05, 0) is 6.92 Å². The van der Waals surface area contributed by atoms with E-state index < -0.39 is 421 Å². The second kappa shape index (κ2) is 46.8. The molecule has 11 aliphatic heterocycles. The van der Waals surface area contributed by atoms with Gasteiger partial charge < -0.3 is 269 Å². The van der Waals surface area contributed by atoms with Crippen molar-refractivity contribution in [1.29, 1.82) is 0 Å². The van der Waals surface area contributed by atoms with Gasteiger partial charge >= 0.3 is 0 Å². The van der Waals surface area contributed by atoms with E-state index in [9.17, 15) is 167 Å². The van der Waals surface area contributed by atoms with Crippen LogP contribution in [0.5, 0.6) is 0 Å². The number of ether oxygens (including phenoxy) is 21. The summed E-state index contributed by atoms with van der Waals surface area (Å²) >= 11 is 0. The molecular formula is C73H122N4O54. The normalized spacial score (nSPS) is 50.1. The molecule has 33 N–H and O–H groups in total. The summed E-state index contributed by atoms with van der Waals surface area (Å²) in [6, 6.07) is -7.98. The average molecular weight is 1920 g/mol. The molecule has 54 atom stereocenters. The predicted octanol–water partition coefficient (Wildman–Crippen LogP) is -22.7. The second-order valence-corrected chi connectivity index (χ2v) is 33.3. The summed E-state index contributed by atoms with van der Waals surface area (Å²) in [6.45, 7) is -6.62. The van der Waals surface area contributed by atoms with E-state index in [1.165, 1.54) is 6.92 Å². The lowest BCUT2D eigenvalue weighted by atomic mass is 9.93. The van der Waals surface area contributed by atoms with Crippen LogP contribution >= 0.6 is 0 Å². The highest BCUT2D eigenvalue weighted by atomic mass is 16.8. The largest absolute Gasteiger partial charge is 0.394 e. The summed E-state index contributed by atoms with van der Waals surface area (Å²) < 4.78 is 127. The average Bonchev–Trinajstić information content (AvgIpc) is 0.793. The van der Waals surface area contributed by atoms with Gasteiger partial charge in [0.15, 0.2) is 69.2 Å². The fraction of sp³-hybridized carbons (Fsp3) is 0.945. The highest BCUT2D eigenvalue weighted by Crippen LogP contribution is 2.43. The second-order valence-electron chi connectivity index (χ2n) is 33.3. The summed E-state index contributed by atoms with van der Waals surface area (Å²) in [5.74, 6) is -3.93. The Bertz CT molecular complexity index is 3570. The van der Waals surface area contributed by atoms with Crippen molar-refractivity contribution in [2.24, 2.45) is 0 Å². The van der Waals surface area contributed by atoms with Gasteiger partial charge in [-0.2, -0.15) is 0 Å². The number of carbonyl (C=O) groups excluding carboxylic acids is 4. The maximum absolute atomic E-state index is 13.6. The highest BCUT2D eigenvalue weighted by molar-refractivity contribution is 5.74. The molecule has 0 unspecified atom stereocenters. The maximum atomic E-state index is 13.6. The zero-order valence-electron chi connectivity index (χ0n) is 70.4. The number of amides is 4. The van der Waals surface area contributed by atoms with Crippen molar-refractivity contribution < 1.29 is 267 Å². The molecule has 0 aromatic heterocycles. The van der Waals surface area contributed by atoms with E-state index in [-0.39, 0.29) is 0 Å². The molecule has 758 valence electrons. The predicted molar refractivity (Wildman–Crippen MR) is 401 cm³/mol. The number of nitrogens with one attached hydrogen (secondary N) is 4. The van der Waals surface area contributed by atoms with Crippen LogP contribution in [0, 0.1) is 0 Å².